The van der Waals surface area contributed by atoms with Crippen LogP contribution in [0.15, 0.2) is 23.4 Å². The minimum absolute atomic E-state index is 0.00131. The summed E-state index contributed by atoms with van der Waals surface area (Å²) in [6, 6.07) is 1.74. The zero-order valence-corrected chi connectivity index (χ0v) is 25.3. The number of aliphatic hydroxyl groups is 1. The molecule has 0 radical (unpaired) electrons. The number of ether oxygens (including phenoxy) is 2. The van der Waals surface area contributed by atoms with Crippen molar-refractivity contribution in [2.24, 2.45) is 0 Å². The molecule has 43 heavy (non-hydrogen) atoms. The number of H-pyrrole nitrogens is 1. The maximum atomic E-state index is 12.2. The predicted octanol–water partition coefficient (Wildman–Crippen LogP) is 0.282. The molecule has 23 heteroatoms. The number of fused-ring (bicyclic) bond motifs is 2. The van der Waals surface area contributed by atoms with E-state index in [4.69, 9.17) is 46.3 Å². The van der Waals surface area contributed by atoms with Crippen molar-refractivity contribution in [2.45, 2.75) is 49.7 Å². The molecule has 4 aromatic heterocycles. The van der Waals surface area contributed by atoms with Crippen molar-refractivity contribution >= 4 is 72.0 Å². The molecule has 8 atom stereocenters. The lowest BCUT2D eigenvalue weighted by Gasteiger charge is -2.25. The maximum Gasteiger partial charge on any atom is 0.582 e. The van der Waals surface area contributed by atoms with E-state index in [-0.39, 0.29) is 43.2 Å². The van der Waals surface area contributed by atoms with Gasteiger partial charge in [0.25, 0.3) is 5.56 Å². The molecule has 0 bridgehead atoms. The second-order valence-corrected chi connectivity index (χ2v) is 14.1. The van der Waals surface area contributed by atoms with Gasteiger partial charge in [-0.25, -0.2) is 9.97 Å². The van der Waals surface area contributed by atoms with E-state index in [0.29, 0.717) is 16.9 Å². The summed E-state index contributed by atoms with van der Waals surface area (Å²) in [6.07, 6.45) is -1.65. The molecule has 2 fully saturated rings. The first-order chi connectivity index (χ1) is 20.5. The van der Waals surface area contributed by atoms with Gasteiger partial charge < -0.3 is 44.6 Å². The van der Waals surface area contributed by atoms with Crippen LogP contribution in [0.3, 0.4) is 0 Å². The minimum Gasteiger partial charge on any atom is -0.394 e. The Morgan fingerprint density at radius 1 is 1.26 bits per heavy atom. The number of nitrogens with zero attached hydrogens (tertiary/aromatic N) is 7. The van der Waals surface area contributed by atoms with Crippen LogP contribution in [0.4, 0.5) is 11.8 Å². The van der Waals surface area contributed by atoms with Gasteiger partial charge in [0.15, 0.2) is 17.4 Å². The second-order valence-electron chi connectivity index (χ2n) is 9.60. The van der Waals surface area contributed by atoms with Crippen molar-refractivity contribution in [1.29, 1.82) is 0 Å². The molecule has 6 rings (SSSR count). The Balaban J connectivity index is 1.18. The number of hydrogen-bond acceptors (Lipinski definition) is 16. The molecule has 0 amide bonds. The zero-order valence-electron chi connectivity index (χ0n) is 21.8. The molecule has 3 unspecified atom stereocenters. The highest BCUT2D eigenvalue weighted by atomic mass is 32.7. The van der Waals surface area contributed by atoms with Crippen molar-refractivity contribution in [3.63, 3.8) is 0 Å². The smallest absolute Gasteiger partial charge is 0.394 e. The molecule has 6 heterocycles. The highest BCUT2D eigenvalue weighted by molar-refractivity contribution is 8.39. The quantitative estimate of drug-likeness (QED) is 0.0974. The highest BCUT2D eigenvalue weighted by Crippen LogP contribution is 2.50. The first-order valence-electron chi connectivity index (χ1n) is 12.6. The van der Waals surface area contributed by atoms with E-state index in [9.17, 15) is 19.4 Å². The molecule has 4 aromatic rings. The zero-order chi connectivity index (χ0) is 30.5. The van der Waals surface area contributed by atoms with Gasteiger partial charge in [0.1, 0.15) is 54.6 Å². The third-order valence-corrected chi connectivity index (χ3v) is 9.19. The van der Waals surface area contributed by atoms with Crippen molar-refractivity contribution < 1.29 is 37.6 Å². The van der Waals surface area contributed by atoms with E-state index in [1.807, 2.05) is 0 Å². The number of nitrogens with one attached hydrogen (secondary N) is 1. The molecule has 2 aliphatic heterocycles. The van der Waals surface area contributed by atoms with Crippen LogP contribution in [-0.2, 0) is 39.4 Å². The van der Waals surface area contributed by atoms with Crippen LogP contribution in [0.2, 0.25) is 0 Å². The van der Waals surface area contributed by atoms with Gasteiger partial charge in [0, 0.05) is 19.0 Å². The minimum atomic E-state index is -4.01. The van der Waals surface area contributed by atoms with Gasteiger partial charge in [-0.15, -0.1) is 9.62 Å². The fraction of sp³-hybridized carbons (Fsp3) is 0.500. The SMILES string of the molecule is Nc1nc2c(nnn2[C@@H]2O[C@H](CO)C[C@H]2OP(O)(=S)OCC2O[C@@H](n3ccc4c(N)ncnc43)C[C@@H]2O[P+](=O)S)c(=O)[nH]1. The van der Waals surface area contributed by atoms with E-state index in [2.05, 4.69) is 42.5 Å². The second kappa shape index (κ2) is 12.0. The maximum absolute atomic E-state index is 12.2. The Hall–Kier alpha value is -2.68. The molecule has 0 spiro atoms. The Labute approximate surface area is 252 Å². The topological polar surface area (TPSA) is 263 Å². The third-order valence-electron chi connectivity index (χ3n) is 6.87. The largest absolute Gasteiger partial charge is 0.582 e. The number of nitrogens with two attached hydrogens (primary N) is 2. The summed E-state index contributed by atoms with van der Waals surface area (Å²) in [5.74, 6) is 0.123. The van der Waals surface area contributed by atoms with Gasteiger partial charge in [-0.1, -0.05) is 5.21 Å². The third kappa shape index (κ3) is 6.16. The van der Waals surface area contributed by atoms with Crippen LogP contribution in [0.5, 0.6) is 0 Å². The first kappa shape index (κ1) is 30.4. The standard InChI is InChI=1S/C20H24N10O9P2S2/c21-15-9-1-2-29(16(9)24-7-23-15)13-4-10(38-40(33)42)12(37-13)6-35-41(34,43)39-11-3-8(5-31)36-19(11)30-17-14(27-28-30)18(32)26-20(22)25-17/h1-2,7-8,10-13,19,31H,3-6H2,(H6-,21,22,23,24,25,26,28,32,33,34,42,43)/p+1/t8-,10-,11+,12?,13+,19+,41?/m0/s1. The fourth-order valence-corrected chi connectivity index (χ4v) is 7.27. The molecule has 0 saturated carbocycles. The van der Waals surface area contributed by atoms with Crippen LogP contribution in [0.25, 0.3) is 22.2 Å². The molecule has 230 valence electrons. The normalized spacial score (nSPS) is 27.7. The average molecular weight is 676 g/mol. The van der Waals surface area contributed by atoms with Crippen molar-refractivity contribution in [1.82, 2.24) is 39.5 Å². The predicted molar refractivity (Wildman–Crippen MR) is 155 cm³/mol. The van der Waals surface area contributed by atoms with E-state index in [1.165, 1.54) is 6.33 Å². The van der Waals surface area contributed by atoms with Gasteiger partial charge in [0.05, 0.1) is 24.7 Å². The van der Waals surface area contributed by atoms with Crippen LogP contribution in [0.1, 0.15) is 25.3 Å². The summed E-state index contributed by atoms with van der Waals surface area (Å²) in [6.45, 7) is -4.69. The summed E-state index contributed by atoms with van der Waals surface area (Å²) in [5.41, 5.74) is 11.4. The number of hydrogen-bond donors (Lipinski definition) is 6. The van der Waals surface area contributed by atoms with Gasteiger partial charge in [-0.3, -0.25) is 9.78 Å². The molecule has 0 aromatic carbocycles. The lowest BCUT2D eigenvalue weighted by molar-refractivity contribution is -0.0578. The number of thiol groups is 1. The number of aromatic amines is 1. The molecular weight excluding hydrogens is 650 g/mol. The van der Waals surface area contributed by atoms with Crippen molar-refractivity contribution in [3.8, 4) is 0 Å². The number of nitrogen functional groups attached to an aromatic ring is 2. The van der Waals surface area contributed by atoms with Crippen LogP contribution >= 0.6 is 26.2 Å². The summed E-state index contributed by atoms with van der Waals surface area (Å²) in [4.78, 5) is 37.9. The summed E-state index contributed by atoms with van der Waals surface area (Å²) < 4.78 is 43.6. The molecular formula is C20H25N10O9P2S2+. The lowest BCUT2D eigenvalue weighted by atomic mass is 10.2. The number of rotatable bonds is 10. The van der Waals surface area contributed by atoms with Crippen LogP contribution in [-0.4, -0.2) is 87.1 Å². The monoisotopic (exact) mass is 675 g/mol. The summed E-state index contributed by atoms with van der Waals surface area (Å²) in [7, 11) is -2.31. The highest BCUT2D eigenvalue weighted by Gasteiger charge is 2.45. The van der Waals surface area contributed by atoms with E-state index in [0.717, 1.165) is 4.68 Å². The van der Waals surface area contributed by atoms with Crippen molar-refractivity contribution in [2.75, 3.05) is 24.7 Å². The van der Waals surface area contributed by atoms with Crippen molar-refractivity contribution in [3.05, 3.63) is 28.9 Å². The van der Waals surface area contributed by atoms with E-state index in [1.54, 1.807) is 16.8 Å². The van der Waals surface area contributed by atoms with Gasteiger partial charge >= 0.3 is 13.9 Å². The fourth-order valence-electron chi connectivity index (χ4n) is 5.01. The van der Waals surface area contributed by atoms with Gasteiger partial charge in [-0.05, 0) is 22.4 Å². The van der Waals surface area contributed by atoms with E-state index >= 15 is 0 Å². The summed E-state index contributed by atoms with van der Waals surface area (Å²) in [5, 5.41) is 18.1. The lowest BCUT2D eigenvalue weighted by Crippen LogP contribution is -2.28. The number of aromatic nitrogens is 8. The first-order valence-corrected chi connectivity index (χ1v) is 17.5. The Kier molecular flexibility index (Phi) is 8.48. The number of anilines is 2. The molecule has 0 aliphatic carbocycles. The molecule has 19 nitrogen and oxygen atoms in total. The Bertz CT molecular complexity index is 1790. The average Bonchev–Trinajstić information content (AvgIpc) is 3.72. The Morgan fingerprint density at radius 3 is 2.84 bits per heavy atom. The van der Waals surface area contributed by atoms with Crippen LogP contribution < -0.4 is 17.0 Å². The van der Waals surface area contributed by atoms with Crippen LogP contribution in [0, 0.1) is 0 Å². The van der Waals surface area contributed by atoms with Gasteiger partial charge in [0.2, 0.25) is 5.95 Å². The van der Waals surface area contributed by atoms with Gasteiger partial charge in [-0.2, -0.15) is 9.67 Å². The van der Waals surface area contributed by atoms with E-state index < -0.39 is 56.4 Å². The Morgan fingerprint density at radius 2 is 2.07 bits per heavy atom. The molecule has 7 N–H and O–H groups in total. The molecule has 2 saturated heterocycles. The molecule has 2 aliphatic rings. The summed E-state index contributed by atoms with van der Waals surface area (Å²) >= 11 is 9.15. The number of aliphatic hydroxyl groups excluding tert-OH is 1.